The van der Waals surface area contributed by atoms with Gasteiger partial charge >= 0.3 is 0 Å². The van der Waals surface area contributed by atoms with Crippen molar-refractivity contribution in [3.8, 4) is 5.75 Å². The van der Waals surface area contributed by atoms with Crippen molar-refractivity contribution in [3.63, 3.8) is 0 Å². The molecule has 0 aliphatic rings. The molecule has 258 valence electrons. The first-order valence-electron chi connectivity index (χ1n) is 15.8. The molecular formula is C35H41FN8O5. The topological polar surface area (TPSA) is 231 Å². The number of para-hydroxylation sites is 1. The zero-order chi connectivity index (χ0) is 35.3. The molecule has 3 aromatic carbocycles. The van der Waals surface area contributed by atoms with Gasteiger partial charge in [-0.15, -0.1) is 0 Å². The van der Waals surface area contributed by atoms with E-state index < -0.39 is 47.6 Å². The minimum atomic E-state index is -1.16. The number of aromatic nitrogens is 1. The van der Waals surface area contributed by atoms with Crippen molar-refractivity contribution in [3.05, 3.63) is 102 Å². The monoisotopic (exact) mass is 672 g/mol. The van der Waals surface area contributed by atoms with Crippen molar-refractivity contribution in [2.24, 2.45) is 22.2 Å². The Bertz CT molecular complexity index is 1770. The molecule has 11 N–H and O–H groups in total. The Morgan fingerprint density at radius 3 is 2.14 bits per heavy atom. The molecule has 0 fully saturated rings. The van der Waals surface area contributed by atoms with Crippen molar-refractivity contribution < 1.29 is 28.7 Å². The van der Waals surface area contributed by atoms with Gasteiger partial charge < -0.3 is 43.2 Å². The Morgan fingerprint density at radius 1 is 0.796 bits per heavy atom. The van der Waals surface area contributed by atoms with E-state index in [0.29, 0.717) is 18.4 Å². The van der Waals surface area contributed by atoms with Gasteiger partial charge in [0.2, 0.25) is 23.6 Å². The van der Waals surface area contributed by atoms with Crippen molar-refractivity contribution in [2.45, 2.75) is 56.7 Å². The summed E-state index contributed by atoms with van der Waals surface area (Å²) >= 11 is 0. The lowest BCUT2D eigenvalue weighted by molar-refractivity contribution is -0.133. The molecule has 0 spiro atoms. The first-order valence-corrected chi connectivity index (χ1v) is 15.8. The number of rotatable bonds is 17. The lowest BCUT2D eigenvalue weighted by atomic mass is 10.0. The third-order valence-electron chi connectivity index (χ3n) is 7.92. The fraction of sp³-hybridized carbons (Fsp3) is 0.286. The van der Waals surface area contributed by atoms with Crippen LogP contribution in [0.2, 0.25) is 0 Å². The maximum absolute atomic E-state index is 13.8. The number of hydrogen-bond donors (Lipinski definition) is 8. The highest BCUT2D eigenvalue weighted by Gasteiger charge is 2.29. The number of nitrogens with two attached hydrogens (primary N) is 3. The third-order valence-corrected chi connectivity index (χ3v) is 7.92. The van der Waals surface area contributed by atoms with E-state index in [4.69, 9.17) is 17.2 Å². The van der Waals surface area contributed by atoms with Crippen LogP contribution in [0, 0.1) is 5.82 Å². The zero-order valence-electron chi connectivity index (χ0n) is 26.8. The molecule has 0 aliphatic heterocycles. The molecule has 4 amide bonds. The summed E-state index contributed by atoms with van der Waals surface area (Å²) in [5.41, 5.74) is 19.6. The highest BCUT2D eigenvalue weighted by Crippen LogP contribution is 2.19. The van der Waals surface area contributed by atoms with E-state index in [2.05, 4.69) is 25.9 Å². The van der Waals surface area contributed by atoms with E-state index in [1.54, 1.807) is 18.3 Å². The Kier molecular flexibility index (Phi) is 12.7. The van der Waals surface area contributed by atoms with Crippen LogP contribution in [-0.4, -0.2) is 64.3 Å². The largest absolute Gasteiger partial charge is 0.508 e. The average molecular weight is 673 g/mol. The summed E-state index contributed by atoms with van der Waals surface area (Å²) in [5.74, 6) is -3.03. The van der Waals surface area contributed by atoms with Gasteiger partial charge in [0, 0.05) is 42.9 Å². The van der Waals surface area contributed by atoms with E-state index in [1.807, 2.05) is 24.3 Å². The van der Waals surface area contributed by atoms with Crippen molar-refractivity contribution in [1.82, 2.24) is 20.9 Å². The fourth-order valence-electron chi connectivity index (χ4n) is 5.31. The average Bonchev–Trinajstić information content (AvgIpc) is 3.48. The molecular weight excluding hydrogens is 631 g/mol. The molecule has 0 bridgehead atoms. The number of guanidine groups is 1. The minimum absolute atomic E-state index is 0.00385. The maximum atomic E-state index is 13.8. The number of nitrogens with zero attached hydrogens (tertiary/aromatic N) is 1. The summed E-state index contributed by atoms with van der Waals surface area (Å²) in [4.78, 5) is 60.0. The number of benzene rings is 3. The van der Waals surface area contributed by atoms with Gasteiger partial charge in [-0.05, 0) is 66.3 Å². The summed E-state index contributed by atoms with van der Waals surface area (Å²) in [6, 6.07) is 16.0. The van der Waals surface area contributed by atoms with Crippen LogP contribution in [0.5, 0.6) is 5.75 Å². The Morgan fingerprint density at radius 2 is 1.45 bits per heavy atom. The van der Waals surface area contributed by atoms with Crippen LogP contribution in [0.1, 0.15) is 36.0 Å². The second kappa shape index (κ2) is 17.3. The number of H-pyrrole nitrogens is 1. The van der Waals surface area contributed by atoms with Gasteiger partial charge in [0.1, 0.15) is 29.7 Å². The number of aromatic amines is 1. The molecule has 0 aliphatic carbocycles. The van der Waals surface area contributed by atoms with Crippen LogP contribution in [0.25, 0.3) is 10.9 Å². The Hall–Kier alpha value is -5.92. The predicted molar refractivity (Wildman–Crippen MR) is 183 cm³/mol. The summed E-state index contributed by atoms with van der Waals surface area (Å²) in [6.07, 6.45) is 2.61. The van der Waals surface area contributed by atoms with Crippen LogP contribution in [0.15, 0.2) is 84.0 Å². The number of carbonyl (C=O) groups excluding carboxylic acids is 4. The molecule has 4 aromatic rings. The standard InChI is InChI=1S/C35H41FN8O5/c36-24-12-7-22(8-13-24)18-30(42-31(46)16-11-21-9-14-25(45)15-10-21)34(49)43-28(6-3-17-40-35(38)39)33(48)44-29(32(37)47)19-23-20-41-27-5-2-1-4-26(23)27/h1-2,4-5,7-10,12-15,20,28-30,41,45H,3,6,11,16-19H2,(H2,37,47)(H,42,46)(H,43,49)(H,44,48)(H4,38,39,40)/t28-,29-,30+/m0/s1. The Balaban J connectivity index is 1.50. The maximum Gasteiger partial charge on any atom is 0.243 e. The van der Waals surface area contributed by atoms with Gasteiger partial charge in [-0.25, -0.2) is 4.39 Å². The van der Waals surface area contributed by atoms with E-state index in [9.17, 15) is 28.7 Å². The molecule has 3 atom stereocenters. The van der Waals surface area contributed by atoms with Gasteiger partial charge in [0.15, 0.2) is 5.96 Å². The summed E-state index contributed by atoms with van der Waals surface area (Å²) < 4.78 is 13.6. The van der Waals surface area contributed by atoms with Crippen LogP contribution in [-0.2, 0) is 38.4 Å². The van der Waals surface area contributed by atoms with Crippen LogP contribution >= 0.6 is 0 Å². The van der Waals surface area contributed by atoms with Crippen LogP contribution in [0.4, 0.5) is 4.39 Å². The molecule has 0 saturated carbocycles. The molecule has 13 nitrogen and oxygen atoms in total. The second-order valence-corrected chi connectivity index (χ2v) is 11.7. The fourth-order valence-corrected chi connectivity index (χ4v) is 5.31. The van der Waals surface area contributed by atoms with Crippen LogP contribution < -0.4 is 33.2 Å². The molecule has 1 aromatic heterocycles. The molecule has 0 saturated heterocycles. The SMILES string of the molecule is NC(=O)[C@H](Cc1c[nH]c2ccccc12)NC(=O)[C@H](CCCN=C(N)N)NC(=O)[C@@H](Cc1ccc(F)cc1)NC(=O)CCc1ccc(O)cc1. The highest BCUT2D eigenvalue weighted by atomic mass is 19.1. The first-order chi connectivity index (χ1) is 23.5. The number of aryl methyl sites for hydroxylation is 1. The number of aromatic hydroxyl groups is 1. The van der Waals surface area contributed by atoms with E-state index in [0.717, 1.165) is 22.0 Å². The molecule has 49 heavy (non-hydrogen) atoms. The lowest BCUT2D eigenvalue weighted by Gasteiger charge is -2.25. The van der Waals surface area contributed by atoms with Crippen molar-refractivity contribution in [1.29, 1.82) is 0 Å². The number of halogens is 1. The molecule has 0 radical (unpaired) electrons. The number of phenolic OH excluding ortho intramolecular Hbond substituents is 1. The third kappa shape index (κ3) is 11.1. The highest BCUT2D eigenvalue weighted by molar-refractivity contribution is 5.94. The van der Waals surface area contributed by atoms with Crippen LogP contribution in [0.3, 0.4) is 0 Å². The number of phenols is 1. The zero-order valence-corrected chi connectivity index (χ0v) is 26.8. The van der Waals surface area contributed by atoms with Gasteiger partial charge in [-0.1, -0.05) is 42.5 Å². The van der Waals surface area contributed by atoms with Gasteiger partial charge in [-0.2, -0.15) is 0 Å². The number of nitrogens with one attached hydrogen (secondary N) is 4. The van der Waals surface area contributed by atoms with Gasteiger partial charge in [-0.3, -0.25) is 24.2 Å². The number of amides is 4. The van der Waals surface area contributed by atoms with E-state index in [-0.39, 0.29) is 43.9 Å². The second-order valence-electron chi connectivity index (χ2n) is 11.7. The number of primary amides is 1. The Labute approximate surface area is 282 Å². The number of fused-ring (bicyclic) bond motifs is 1. The van der Waals surface area contributed by atoms with Gasteiger partial charge in [0.05, 0.1) is 0 Å². The van der Waals surface area contributed by atoms with Crippen molar-refractivity contribution >= 4 is 40.5 Å². The minimum Gasteiger partial charge on any atom is -0.508 e. The van der Waals surface area contributed by atoms with Crippen molar-refractivity contribution in [2.75, 3.05) is 6.54 Å². The van der Waals surface area contributed by atoms with Gasteiger partial charge in [0.25, 0.3) is 0 Å². The molecule has 0 unspecified atom stereocenters. The predicted octanol–water partition coefficient (Wildman–Crippen LogP) is 1.42. The quantitative estimate of drug-likeness (QED) is 0.0467. The number of hydrogen-bond acceptors (Lipinski definition) is 6. The normalized spacial score (nSPS) is 12.8. The molecule has 1 heterocycles. The van der Waals surface area contributed by atoms with E-state index in [1.165, 1.54) is 36.4 Å². The van der Waals surface area contributed by atoms with E-state index >= 15 is 0 Å². The summed E-state index contributed by atoms with van der Waals surface area (Å²) in [7, 11) is 0. The molecule has 14 heteroatoms. The lowest BCUT2D eigenvalue weighted by Crippen LogP contribution is -2.57. The first kappa shape index (κ1) is 35.9. The molecule has 4 rings (SSSR count). The number of aliphatic imine (C=N–C) groups is 1. The summed E-state index contributed by atoms with van der Waals surface area (Å²) in [6.45, 7) is 0.170. The number of carbonyl (C=O) groups is 4. The smallest absolute Gasteiger partial charge is 0.243 e. The summed E-state index contributed by atoms with van der Waals surface area (Å²) in [5, 5.41) is 18.5.